The summed E-state index contributed by atoms with van der Waals surface area (Å²) in [7, 11) is 0. The molecule has 1 unspecified atom stereocenters. The summed E-state index contributed by atoms with van der Waals surface area (Å²) >= 11 is 7.08. The van der Waals surface area contributed by atoms with E-state index in [9.17, 15) is 0 Å². The predicted molar refractivity (Wildman–Crippen MR) is 179 cm³/mol. The van der Waals surface area contributed by atoms with Crippen molar-refractivity contribution in [3.05, 3.63) is 140 Å². The zero-order valence-corrected chi connectivity index (χ0v) is 24.2. The van der Waals surface area contributed by atoms with Gasteiger partial charge >= 0.3 is 0 Å². The van der Waals surface area contributed by atoms with E-state index in [0.717, 1.165) is 77.1 Å². The van der Waals surface area contributed by atoms with Crippen LogP contribution in [0.25, 0.3) is 43.8 Å². The first kappa shape index (κ1) is 24.0. The third-order valence-corrected chi connectivity index (χ3v) is 13.4. The lowest BCUT2D eigenvalue weighted by Gasteiger charge is -2.39. The Hall–Kier alpha value is -4.69. The largest absolute Gasteiger partial charge is 0.456 e. The van der Waals surface area contributed by atoms with Gasteiger partial charge in [0.1, 0.15) is 23.0 Å². The maximum absolute atomic E-state index is 7.08. The quantitative estimate of drug-likeness (QED) is 0.192. The van der Waals surface area contributed by atoms with Crippen LogP contribution in [0.5, 0.6) is 23.0 Å². The summed E-state index contributed by atoms with van der Waals surface area (Å²) in [5, 5.41) is 7.84. The van der Waals surface area contributed by atoms with Crippen molar-refractivity contribution in [2.24, 2.45) is 0 Å². The van der Waals surface area contributed by atoms with E-state index >= 15 is 0 Å². The number of ether oxygens (including phenoxy) is 2. The van der Waals surface area contributed by atoms with Crippen LogP contribution in [0, 0.1) is 0 Å². The SMILES string of the molecule is S=P12c3c(ccc(-c4cccc(-c5ccccc5)c4)c3Oc3ccc4ccccc4c31)Oc1ccc3ccccc3c12. The van der Waals surface area contributed by atoms with Gasteiger partial charge in [0, 0.05) is 16.2 Å². The fourth-order valence-electron chi connectivity index (χ4n) is 6.61. The molecule has 0 saturated heterocycles. The highest BCUT2D eigenvalue weighted by atomic mass is 32.4. The van der Waals surface area contributed by atoms with E-state index < -0.39 is 6.04 Å². The second-order valence-corrected chi connectivity index (χ2v) is 15.0. The molecule has 2 aliphatic heterocycles. The van der Waals surface area contributed by atoms with Crippen LogP contribution in [0.15, 0.2) is 140 Å². The molecule has 2 heterocycles. The molecule has 7 aromatic carbocycles. The fourth-order valence-corrected chi connectivity index (χ4v) is 11.8. The Morgan fingerprint density at radius 2 is 0.976 bits per heavy atom. The molecule has 0 N–H and O–H groups in total. The molecule has 0 radical (unpaired) electrons. The smallest absolute Gasteiger partial charge is 0.148 e. The van der Waals surface area contributed by atoms with Gasteiger partial charge in [-0.25, -0.2) is 0 Å². The Kier molecular flexibility index (Phi) is 5.08. The van der Waals surface area contributed by atoms with Gasteiger partial charge in [0.05, 0.1) is 11.3 Å². The lowest BCUT2D eigenvalue weighted by molar-refractivity contribution is 0.468. The first-order valence-corrected chi connectivity index (χ1v) is 16.8. The normalized spacial score (nSPS) is 16.2. The zero-order chi connectivity index (χ0) is 27.8. The molecule has 0 spiro atoms. The monoisotopic (exact) mass is 574 g/mol. The molecule has 42 heavy (non-hydrogen) atoms. The zero-order valence-electron chi connectivity index (χ0n) is 22.5. The Morgan fingerprint density at radius 1 is 0.429 bits per heavy atom. The molecule has 0 aromatic heterocycles. The second kappa shape index (κ2) is 8.90. The minimum absolute atomic E-state index is 0.790. The van der Waals surface area contributed by atoms with Crippen LogP contribution in [0.3, 0.4) is 0 Å². The van der Waals surface area contributed by atoms with Crippen molar-refractivity contribution in [1.82, 2.24) is 0 Å². The first-order valence-electron chi connectivity index (χ1n) is 14.0. The fraction of sp³-hybridized carbons (Fsp3) is 0. The van der Waals surface area contributed by atoms with Gasteiger partial charge in [-0.05, 0) is 68.6 Å². The standard InChI is InChI=1S/C38H23O2PS/c42-41-36-30-15-6-4-11-25(30)17-20-32(36)39-34-22-19-29(28-14-8-13-27(23-28)24-9-2-1-3-10-24)35(38(34)41)40-33-21-18-26-12-5-7-16-31(26)37(33)41/h1-23H. The van der Waals surface area contributed by atoms with Crippen LogP contribution in [0.1, 0.15) is 0 Å². The summed E-state index contributed by atoms with van der Waals surface area (Å²) in [6.07, 6.45) is 0. The van der Waals surface area contributed by atoms with E-state index in [4.69, 9.17) is 21.3 Å². The van der Waals surface area contributed by atoms with Gasteiger partial charge in [-0.3, -0.25) is 0 Å². The highest BCUT2D eigenvalue weighted by molar-refractivity contribution is 8.26. The lowest BCUT2D eigenvalue weighted by atomic mass is 9.98. The number of fused-ring (bicyclic) bond motifs is 8. The van der Waals surface area contributed by atoms with Crippen molar-refractivity contribution < 1.29 is 9.47 Å². The average molecular weight is 575 g/mol. The van der Waals surface area contributed by atoms with Gasteiger partial charge in [-0.2, -0.15) is 0 Å². The highest BCUT2D eigenvalue weighted by Crippen LogP contribution is 2.62. The molecular formula is C38H23O2PS. The Balaban J connectivity index is 1.39. The molecule has 0 amide bonds. The Bertz CT molecular complexity index is 2240. The molecule has 2 aliphatic rings. The second-order valence-electron chi connectivity index (χ2n) is 10.8. The van der Waals surface area contributed by atoms with Crippen molar-refractivity contribution in [1.29, 1.82) is 0 Å². The third kappa shape index (κ3) is 3.30. The number of hydrogen-bond donors (Lipinski definition) is 0. The number of hydrogen-bond acceptors (Lipinski definition) is 3. The van der Waals surface area contributed by atoms with E-state index in [-0.39, 0.29) is 0 Å². The van der Waals surface area contributed by atoms with Crippen molar-refractivity contribution in [2.75, 3.05) is 0 Å². The van der Waals surface area contributed by atoms with Crippen molar-refractivity contribution in [3.63, 3.8) is 0 Å². The summed E-state index contributed by atoms with van der Waals surface area (Å²) in [4.78, 5) is 0. The molecule has 0 bridgehead atoms. The van der Waals surface area contributed by atoms with Crippen molar-refractivity contribution in [3.8, 4) is 45.3 Å². The number of benzene rings is 7. The molecule has 0 aliphatic carbocycles. The predicted octanol–water partition coefficient (Wildman–Crippen LogP) is 9.29. The molecule has 7 aromatic rings. The van der Waals surface area contributed by atoms with Gasteiger partial charge in [0.2, 0.25) is 0 Å². The highest BCUT2D eigenvalue weighted by Gasteiger charge is 2.45. The number of rotatable bonds is 2. The maximum atomic E-state index is 7.08. The van der Waals surface area contributed by atoms with E-state index in [1.54, 1.807) is 0 Å². The molecular weight excluding hydrogens is 551 g/mol. The van der Waals surface area contributed by atoms with Crippen molar-refractivity contribution >= 4 is 55.3 Å². The van der Waals surface area contributed by atoms with Crippen LogP contribution in [0.2, 0.25) is 0 Å². The van der Waals surface area contributed by atoms with E-state index in [0.29, 0.717) is 0 Å². The van der Waals surface area contributed by atoms with Gasteiger partial charge in [0.25, 0.3) is 0 Å². The summed E-state index contributed by atoms with van der Waals surface area (Å²) in [5.74, 6) is 3.28. The average Bonchev–Trinajstić information content (AvgIpc) is 3.05. The Morgan fingerprint density at radius 3 is 1.69 bits per heavy atom. The molecule has 198 valence electrons. The van der Waals surface area contributed by atoms with E-state index in [1.807, 2.05) is 6.07 Å². The lowest BCUT2D eigenvalue weighted by Crippen LogP contribution is -2.36. The Labute approximate surface area is 248 Å². The molecule has 2 nitrogen and oxygen atoms in total. The first-order chi connectivity index (χ1) is 20.7. The molecule has 0 fully saturated rings. The van der Waals surface area contributed by atoms with Gasteiger partial charge < -0.3 is 9.47 Å². The van der Waals surface area contributed by atoms with Crippen LogP contribution in [-0.4, -0.2) is 0 Å². The van der Waals surface area contributed by atoms with Gasteiger partial charge in [-0.1, -0.05) is 121 Å². The van der Waals surface area contributed by atoms with Gasteiger partial charge in [-0.15, -0.1) is 0 Å². The molecule has 0 saturated carbocycles. The minimum atomic E-state index is -2.64. The van der Waals surface area contributed by atoms with Crippen LogP contribution >= 0.6 is 6.04 Å². The maximum Gasteiger partial charge on any atom is 0.148 e. The van der Waals surface area contributed by atoms with Gasteiger partial charge in [0.15, 0.2) is 0 Å². The van der Waals surface area contributed by atoms with E-state index in [2.05, 4.69) is 133 Å². The van der Waals surface area contributed by atoms with E-state index in [1.165, 1.54) is 5.56 Å². The third-order valence-electron chi connectivity index (χ3n) is 8.48. The summed E-state index contributed by atoms with van der Waals surface area (Å²) in [6, 6.07) is 46.2. The molecule has 1 atom stereocenters. The molecule has 4 heteroatoms. The van der Waals surface area contributed by atoms with Crippen LogP contribution in [-0.2, 0) is 11.8 Å². The summed E-state index contributed by atoms with van der Waals surface area (Å²) in [6.45, 7) is 0. The van der Waals surface area contributed by atoms with Crippen LogP contribution in [0.4, 0.5) is 0 Å². The summed E-state index contributed by atoms with van der Waals surface area (Å²) < 4.78 is 13.6. The van der Waals surface area contributed by atoms with Crippen LogP contribution < -0.4 is 25.4 Å². The van der Waals surface area contributed by atoms with Crippen molar-refractivity contribution in [2.45, 2.75) is 0 Å². The molecule has 9 rings (SSSR count). The topological polar surface area (TPSA) is 18.5 Å². The minimum Gasteiger partial charge on any atom is -0.456 e. The summed E-state index contributed by atoms with van der Waals surface area (Å²) in [5.41, 5.74) is 4.44.